The van der Waals surface area contributed by atoms with Crippen LogP contribution in [-0.4, -0.2) is 50.8 Å². The van der Waals surface area contributed by atoms with Crippen molar-refractivity contribution < 1.29 is 13.9 Å². The van der Waals surface area contributed by atoms with Gasteiger partial charge in [0.1, 0.15) is 17.5 Å². The normalized spacial score (nSPS) is 19.7. The Labute approximate surface area is 213 Å². The Morgan fingerprint density at radius 1 is 1.17 bits per heavy atom. The number of hydrogen-bond donors (Lipinski definition) is 3. The molecule has 0 saturated heterocycles. The van der Waals surface area contributed by atoms with Crippen molar-refractivity contribution in [2.45, 2.75) is 56.1 Å². The van der Waals surface area contributed by atoms with E-state index in [9.17, 15) is 9.18 Å². The van der Waals surface area contributed by atoms with Crippen LogP contribution in [0.25, 0.3) is 11.0 Å². The molecule has 1 aliphatic heterocycles. The van der Waals surface area contributed by atoms with E-state index >= 15 is 0 Å². The van der Waals surface area contributed by atoms with Gasteiger partial charge in [0.25, 0.3) is 0 Å². The summed E-state index contributed by atoms with van der Waals surface area (Å²) in [6, 6.07) is 3.96. The third-order valence-corrected chi connectivity index (χ3v) is 7.69. The minimum absolute atomic E-state index is 0.0407. The van der Waals surface area contributed by atoms with Crippen molar-refractivity contribution in [3.63, 3.8) is 0 Å². The van der Waals surface area contributed by atoms with Crippen LogP contribution in [-0.2, 0) is 17.8 Å². The zero-order valence-electron chi connectivity index (χ0n) is 20.0. The SMILES string of the molecule is NCCOc1ccc2ncc(F)c(CCC3CCC(NCc4cnc5c(n4)NC(=O)CS5)CC3)c2n1. The number of nitrogens with zero attached hydrogens (tertiary/aromatic N) is 4. The molecule has 1 aliphatic carbocycles. The number of anilines is 1. The van der Waals surface area contributed by atoms with Crippen molar-refractivity contribution in [1.82, 2.24) is 25.3 Å². The van der Waals surface area contributed by atoms with E-state index in [1.54, 1.807) is 12.3 Å². The van der Waals surface area contributed by atoms with Gasteiger partial charge in [0.05, 0.1) is 34.9 Å². The van der Waals surface area contributed by atoms with Crippen LogP contribution in [0.3, 0.4) is 0 Å². The molecule has 3 aromatic heterocycles. The van der Waals surface area contributed by atoms with E-state index in [1.165, 1.54) is 18.0 Å². The predicted molar refractivity (Wildman–Crippen MR) is 136 cm³/mol. The summed E-state index contributed by atoms with van der Waals surface area (Å²) in [5, 5.41) is 7.14. The average molecular weight is 512 g/mol. The van der Waals surface area contributed by atoms with Crippen LogP contribution >= 0.6 is 11.8 Å². The molecule has 1 saturated carbocycles. The van der Waals surface area contributed by atoms with E-state index in [1.807, 2.05) is 6.07 Å². The lowest BCUT2D eigenvalue weighted by atomic mass is 9.82. The molecule has 4 heterocycles. The van der Waals surface area contributed by atoms with Gasteiger partial charge in [-0.25, -0.2) is 19.3 Å². The van der Waals surface area contributed by atoms with Gasteiger partial charge in [-0.1, -0.05) is 11.8 Å². The van der Waals surface area contributed by atoms with Gasteiger partial charge >= 0.3 is 0 Å². The molecule has 1 fully saturated rings. The fraction of sp³-hybridized carbons (Fsp3) is 0.480. The van der Waals surface area contributed by atoms with Crippen LogP contribution in [0.4, 0.5) is 10.2 Å². The van der Waals surface area contributed by atoms with Crippen LogP contribution < -0.4 is 21.1 Å². The summed E-state index contributed by atoms with van der Waals surface area (Å²) in [5.41, 5.74) is 8.18. The van der Waals surface area contributed by atoms with Gasteiger partial charge in [-0.3, -0.25) is 9.78 Å². The van der Waals surface area contributed by atoms with Gasteiger partial charge in [0.2, 0.25) is 11.8 Å². The number of aryl methyl sites for hydroxylation is 1. The van der Waals surface area contributed by atoms with Crippen LogP contribution in [0.15, 0.2) is 29.6 Å². The number of carbonyl (C=O) groups is 1. The highest BCUT2D eigenvalue weighted by atomic mass is 32.2. The third kappa shape index (κ3) is 5.91. The van der Waals surface area contributed by atoms with Crippen LogP contribution in [0.5, 0.6) is 5.88 Å². The van der Waals surface area contributed by atoms with E-state index < -0.39 is 0 Å². The number of nitrogens with one attached hydrogen (secondary N) is 2. The minimum Gasteiger partial charge on any atom is -0.476 e. The number of nitrogens with two attached hydrogens (primary N) is 1. The molecule has 2 aliphatic rings. The molecule has 11 heteroatoms. The first-order valence-electron chi connectivity index (χ1n) is 12.4. The van der Waals surface area contributed by atoms with Gasteiger partial charge in [-0.2, -0.15) is 0 Å². The summed E-state index contributed by atoms with van der Waals surface area (Å²) in [7, 11) is 0. The van der Waals surface area contributed by atoms with Crippen molar-refractivity contribution >= 4 is 34.5 Å². The van der Waals surface area contributed by atoms with Crippen LogP contribution in [0, 0.1) is 11.7 Å². The molecular formula is C25H30FN7O2S. The maximum atomic E-state index is 14.7. The highest BCUT2D eigenvalue weighted by Gasteiger charge is 2.23. The van der Waals surface area contributed by atoms with E-state index in [0.29, 0.717) is 72.1 Å². The molecule has 9 nitrogen and oxygen atoms in total. The van der Waals surface area contributed by atoms with Crippen molar-refractivity contribution in [2.24, 2.45) is 11.7 Å². The lowest BCUT2D eigenvalue weighted by Crippen LogP contribution is -2.33. The lowest BCUT2D eigenvalue weighted by Gasteiger charge is -2.29. The number of halogens is 1. The number of hydrogen-bond acceptors (Lipinski definition) is 9. The van der Waals surface area contributed by atoms with E-state index in [0.717, 1.165) is 42.8 Å². The number of fused-ring (bicyclic) bond motifs is 2. The fourth-order valence-electron chi connectivity index (χ4n) is 4.80. The first-order valence-corrected chi connectivity index (χ1v) is 13.4. The van der Waals surface area contributed by atoms with Crippen molar-refractivity contribution in [1.29, 1.82) is 0 Å². The zero-order valence-corrected chi connectivity index (χ0v) is 20.8. The molecule has 0 bridgehead atoms. The van der Waals surface area contributed by atoms with E-state index in [-0.39, 0.29) is 11.7 Å². The number of pyridine rings is 2. The molecule has 1 amide bonds. The number of amides is 1. The molecule has 0 spiro atoms. The summed E-state index contributed by atoms with van der Waals surface area (Å²) in [6.45, 7) is 1.37. The highest BCUT2D eigenvalue weighted by Crippen LogP contribution is 2.31. The first-order chi connectivity index (χ1) is 17.6. The molecule has 4 N–H and O–H groups in total. The third-order valence-electron chi connectivity index (χ3n) is 6.72. The molecular weight excluding hydrogens is 481 g/mol. The maximum Gasteiger partial charge on any atom is 0.236 e. The van der Waals surface area contributed by atoms with Gasteiger partial charge in [0, 0.05) is 30.8 Å². The minimum atomic E-state index is -0.318. The van der Waals surface area contributed by atoms with E-state index in [2.05, 4.69) is 30.6 Å². The summed E-state index contributed by atoms with van der Waals surface area (Å²) in [5.74, 6) is 1.56. The number of ether oxygens (including phenoxy) is 1. The topological polar surface area (TPSA) is 128 Å². The Kier molecular flexibility index (Phi) is 7.88. The summed E-state index contributed by atoms with van der Waals surface area (Å²) in [4.78, 5) is 29.3. The Balaban J connectivity index is 1.13. The molecule has 5 rings (SSSR count). The first kappa shape index (κ1) is 24.8. The van der Waals surface area contributed by atoms with Crippen molar-refractivity contribution in [2.75, 3.05) is 24.2 Å². The summed E-state index contributed by atoms with van der Waals surface area (Å²) >= 11 is 1.41. The second-order valence-electron chi connectivity index (χ2n) is 9.23. The largest absolute Gasteiger partial charge is 0.476 e. The van der Waals surface area contributed by atoms with Gasteiger partial charge in [-0.15, -0.1) is 0 Å². The number of carbonyl (C=O) groups excluding carboxylic acids is 1. The molecule has 0 unspecified atom stereocenters. The molecule has 0 radical (unpaired) electrons. The van der Waals surface area contributed by atoms with Crippen molar-refractivity contribution in [3.8, 4) is 5.88 Å². The smallest absolute Gasteiger partial charge is 0.236 e. The highest BCUT2D eigenvalue weighted by molar-refractivity contribution is 8.00. The van der Waals surface area contributed by atoms with Gasteiger partial charge < -0.3 is 21.1 Å². The maximum absolute atomic E-state index is 14.7. The lowest BCUT2D eigenvalue weighted by molar-refractivity contribution is -0.113. The molecule has 0 aromatic carbocycles. The van der Waals surface area contributed by atoms with E-state index in [4.69, 9.17) is 10.5 Å². The monoisotopic (exact) mass is 511 g/mol. The second kappa shape index (κ2) is 11.4. The number of rotatable bonds is 9. The Hall–Kier alpha value is -2.89. The Bertz CT molecular complexity index is 1240. The average Bonchev–Trinajstić information content (AvgIpc) is 2.90. The van der Waals surface area contributed by atoms with Gasteiger partial charge in [-0.05, 0) is 50.5 Å². The quantitative estimate of drug-likeness (QED) is 0.397. The second-order valence-corrected chi connectivity index (χ2v) is 10.2. The summed E-state index contributed by atoms with van der Waals surface area (Å²) in [6.07, 6.45) is 8.88. The number of aromatic nitrogens is 4. The molecule has 0 atom stereocenters. The van der Waals surface area contributed by atoms with Crippen LogP contribution in [0.1, 0.15) is 43.4 Å². The van der Waals surface area contributed by atoms with Gasteiger partial charge in [0.15, 0.2) is 5.82 Å². The van der Waals surface area contributed by atoms with Crippen LogP contribution in [0.2, 0.25) is 0 Å². The summed E-state index contributed by atoms with van der Waals surface area (Å²) < 4.78 is 20.2. The predicted octanol–water partition coefficient (Wildman–Crippen LogP) is 3.22. The standard InChI is InChI=1S/C25H30FN7O2S/c26-19-13-29-20-7-8-22(35-10-9-27)33-23(20)18(19)6-3-15-1-4-16(5-2-15)28-11-17-12-30-25-24(31-17)32-21(34)14-36-25/h7-8,12-13,15-16,28H,1-6,9-11,14,27H2,(H,31,32,34). The fourth-order valence-corrected chi connectivity index (χ4v) is 5.50. The Morgan fingerprint density at radius 2 is 2.03 bits per heavy atom. The number of thioether (sulfide) groups is 1. The molecule has 3 aromatic rings. The Morgan fingerprint density at radius 3 is 2.86 bits per heavy atom. The zero-order chi connectivity index (χ0) is 24.9. The molecule has 36 heavy (non-hydrogen) atoms. The molecule has 190 valence electrons. The van der Waals surface area contributed by atoms with Crippen molar-refractivity contribution in [3.05, 3.63) is 41.6 Å².